The molecule has 60 valence electrons. The van der Waals surface area contributed by atoms with Gasteiger partial charge in [-0.1, -0.05) is 0 Å². The number of H-pyrrole nitrogens is 1. The zero-order valence-electron chi connectivity index (χ0n) is 6.29. The van der Waals surface area contributed by atoms with Gasteiger partial charge < -0.3 is 10.3 Å². The maximum Gasteiger partial charge on any atom is 0.112 e. The lowest BCUT2D eigenvalue weighted by atomic mass is 10.2. The van der Waals surface area contributed by atoms with Crippen LogP contribution < -0.4 is 5.32 Å². The lowest BCUT2D eigenvalue weighted by Crippen LogP contribution is -1.89. The van der Waals surface area contributed by atoms with E-state index in [0.717, 1.165) is 16.9 Å². The number of aromatic nitrogens is 2. The molecule has 3 nitrogen and oxygen atoms in total. The van der Waals surface area contributed by atoms with Crippen LogP contribution in [0.5, 0.6) is 0 Å². The number of nitrogens with zero attached hydrogens (tertiary/aromatic N) is 1. The number of anilines is 1. The molecule has 4 heteroatoms. The summed E-state index contributed by atoms with van der Waals surface area (Å²) in [5.41, 5.74) is 3.33. The number of aromatic amines is 1. The summed E-state index contributed by atoms with van der Waals surface area (Å²) in [7, 11) is 0. The summed E-state index contributed by atoms with van der Waals surface area (Å²) in [6.45, 7) is 0. The Hall–Kier alpha value is -1.16. The zero-order valence-corrected chi connectivity index (χ0v) is 7.11. The first-order valence-corrected chi connectivity index (χ1v) is 4.76. The Kier molecular flexibility index (Phi) is 1.15. The van der Waals surface area contributed by atoms with Gasteiger partial charge in [0.05, 0.1) is 23.4 Å². The van der Waals surface area contributed by atoms with Gasteiger partial charge in [-0.05, 0) is 12.1 Å². The molecular formula is C8H7N3S. The molecular weight excluding hydrogens is 170 g/mol. The summed E-state index contributed by atoms with van der Waals surface area (Å²) >= 11 is 1.82. The van der Waals surface area contributed by atoms with Gasteiger partial charge >= 0.3 is 0 Å². The van der Waals surface area contributed by atoms with Crippen molar-refractivity contribution >= 4 is 28.5 Å². The summed E-state index contributed by atoms with van der Waals surface area (Å²) in [6, 6.07) is 4.20. The van der Waals surface area contributed by atoms with E-state index >= 15 is 0 Å². The van der Waals surface area contributed by atoms with E-state index < -0.39 is 0 Å². The van der Waals surface area contributed by atoms with E-state index in [9.17, 15) is 0 Å². The fraction of sp³-hybridized carbons (Fsp3) is 0.125. The van der Waals surface area contributed by atoms with Crippen LogP contribution in [0.15, 0.2) is 23.4 Å². The fourth-order valence-corrected chi connectivity index (χ4v) is 2.32. The Morgan fingerprint density at radius 2 is 2.42 bits per heavy atom. The molecule has 1 aromatic carbocycles. The van der Waals surface area contributed by atoms with E-state index in [4.69, 9.17) is 0 Å². The van der Waals surface area contributed by atoms with E-state index in [1.807, 2.05) is 11.8 Å². The van der Waals surface area contributed by atoms with Crippen molar-refractivity contribution in [1.82, 2.24) is 9.97 Å². The van der Waals surface area contributed by atoms with Gasteiger partial charge in [0.25, 0.3) is 0 Å². The molecule has 0 atom stereocenters. The summed E-state index contributed by atoms with van der Waals surface area (Å²) in [6.07, 6.45) is 1.73. The normalized spacial score (nSPS) is 14.7. The molecule has 0 unspecified atom stereocenters. The number of nitrogens with one attached hydrogen (secondary N) is 2. The summed E-state index contributed by atoms with van der Waals surface area (Å²) in [5, 5.41) is 3.31. The number of rotatable bonds is 0. The number of benzene rings is 1. The van der Waals surface area contributed by atoms with Crippen LogP contribution in [0.4, 0.5) is 5.69 Å². The van der Waals surface area contributed by atoms with Crippen molar-refractivity contribution in [3.05, 3.63) is 18.5 Å². The Labute approximate surface area is 73.6 Å². The van der Waals surface area contributed by atoms with Crippen molar-refractivity contribution in [2.24, 2.45) is 0 Å². The van der Waals surface area contributed by atoms with E-state index in [-0.39, 0.29) is 0 Å². The maximum atomic E-state index is 4.26. The van der Waals surface area contributed by atoms with Crippen LogP contribution in [0.2, 0.25) is 0 Å². The molecule has 1 aliphatic heterocycles. The zero-order chi connectivity index (χ0) is 7.97. The third kappa shape index (κ3) is 0.701. The van der Waals surface area contributed by atoms with Crippen molar-refractivity contribution in [3.63, 3.8) is 0 Å². The molecule has 0 saturated heterocycles. The minimum Gasteiger partial charge on any atom is -0.373 e. The van der Waals surface area contributed by atoms with Gasteiger partial charge in [0, 0.05) is 4.90 Å². The van der Waals surface area contributed by atoms with Crippen LogP contribution in [0.3, 0.4) is 0 Å². The number of hydrogen-bond acceptors (Lipinski definition) is 3. The van der Waals surface area contributed by atoms with Gasteiger partial charge in [-0.25, -0.2) is 4.98 Å². The Balaban J connectivity index is 2.46. The van der Waals surface area contributed by atoms with Crippen LogP contribution in [0, 0.1) is 0 Å². The SMILES string of the molecule is c1nc2c3c(ccc2[nH]1)SCN3. The van der Waals surface area contributed by atoms with Gasteiger partial charge in [0.2, 0.25) is 0 Å². The van der Waals surface area contributed by atoms with Gasteiger partial charge in [-0.15, -0.1) is 11.8 Å². The molecule has 3 rings (SSSR count). The second-order valence-corrected chi connectivity index (χ2v) is 3.72. The minimum atomic E-state index is 0.960. The quantitative estimate of drug-likeness (QED) is 0.647. The second-order valence-electron chi connectivity index (χ2n) is 2.70. The van der Waals surface area contributed by atoms with Crippen molar-refractivity contribution in [3.8, 4) is 0 Å². The Morgan fingerprint density at radius 3 is 3.42 bits per heavy atom. The monoisotopic (exact) mass is 177 g/mol. The molecule has 1 aliphatic rings. The molecule has 2 aromatic rings. The largest absolute Gasteiger partial charge is 0.373 e. The topological polar surface area (TPSA) is 40.7 Å². The summed E-state index contributed by atoms with van der Waals surface area (Å²) in [5.74, 6) is 0.960. The first kappa shape index (κ1) is 6.37. The average molecular weight is 177 g/mol. The highest BCUT2D eigenvalue weighted by molar-refractivity contribution is 7.99. The Bertz CT molecular complexity index is 435. The standard InChI is InChI=1S/C8H7N3S/c1-2-6-8(11-4-12-6)7-5(1)9-3-10-7/h1-3,11H,4H2,(H,9,10). The smallest absolute Gasteiger partial charge is 0.112 e. The van der Waals surface area contributed by atoms with Crippen LogP contribution in [-0.4, -0.2) is 15.8 Å². The van der Waals surface area contributed by atoms with Crippen molar-refractivity contribution in [2.75, 3.05) is 11.2 Å². The fourth-order valence-electron chi connectivity index (χ4n) is 1.47. The molecule has 0 spiro atoms. The third-order valence-corrected chi connectivity index (χ3v) is 2.97. The van der Waals surface area contributed by atoms with Gasteiger partial charge in [0.15, 0.2) is 0 Å². The highest BCUT2D eigenvalue weighted by Gasteiger charge is 2.14. The summed E-state index contributed by atoms with van der Waals surface area (Å²) in [4.78, 5) is 8.65. The second kappa shape index (κ2) is 2.17. The summed E-state index contributed by atoms with van der Waals surface area (Å²) < 4.78 is 0. The Morgan fingerprint density at radius 1 is 1.42 bits per heavy atom. The lowest BCUT2D eigenvalue weighted by molar-refractivity contribution is 1.34. The van der Waals surface area contributed by atoms with Gasteiger partial charge in [-0.3, -0.25) is 0 Å². The lowest BCUT2D eigenvalue weighted by Gasteiger charge is -1.97. The molecule has 0 saturated carbocycles. The minimum absolute atomic E-state index is 0.960. The van der Waals surface area contributed by atoms with E-state index in [1.54, 1.807) is 6.33 Å². The predicted molar refractivity (Wildman–Crippen MR) is 50.4 cm³/mol. The number of fused-ring (bicyclic) bond motifs is 3. The maximum absolute atomic E-state index is 4.26. The molecule has 0 fully saturated rings. The van der Waals surface area contributed by atoms with E-state index in [0.29, 0.717) is 0 Å². The molecule has 0 radical (unpaired) electrons. The van der Waals surface area contributed by atoms with Crippen molar-refractivity contribution in [2.45, 2.75) is 4.90 Å². The number of hydrogen-bond donors (Lipinski definition) is 2. The van der Waals surface area contributed by atoms with Crippen LogP contribution in [0.1, 0.15) is 0 Å². The van der Waals surface area contributed by atoms with Crippen molar-refractivity contribution < 1.29 is 0 Å². The van der Waals surface area contributed by atoms with Crippen LogP contribution in [0.25, 0.3) is 11.0 Å². The average Bonchev–Trinajstić information content (AvgIpc) is 2.71. The molecule has 0 aliphatic carbocycles. The molecule has 2 N–H and O–H groups in total. The van der Waals surface area contributed by atoms with Crippen LogP contribution >= 0.6 is 11.8 Å². The van der Waals surface area contributed by atoms with E-state index in [2.05, 4.69) is 27.4 Å². The molecule has 0 amide bonds. The molecule has 2 heterocycles. The third-order valence-electron chi connectivity index (χ3n) is 2.03. The highest BCUT2D eigenvalue weighted by atomic mass is 32.2. The van der Waals surface area contributed by atoms with Crippen molar-refractivity contribution in [1.29, 1.82) is 0 Å². The number of imidazole rings is 1. The molecule has 1 aromatic heterocycles. The molecule has 12 heavy (non-hydrogen) atoms. The number of thioether (sulfide) groups is 1. The van der Waals surface area contributed by atoms with Gasteiger partial charge in [-0.2, -0.15) is 0 Å². The van der Waals surface area contributed by atoms with E-state index in [1.165, 1.54) is 10.6 Å². The van der Waals surface area contributed by atoms with Crippen LogP contribution in [-0.2, 0) is 0 Å². The predicted octanol–water partition coefficient (Wildman–Crippen LogP) is 2.04. The molecule has 0 bridgehead atoms. The highest BCUT2D eigenvalue weighted by Crippen LogP contribution is 2.37. The van der Waals surface area contributed by atoms with Gasteiger partial charge in [0.1, 0.15) is 5.52 Å². The first-order chi connectivity index (χ1) is 5.95. The first-order valence-electron chi connectivity index (χ1n) is 3.78.